The number of benzene rings is 1. The Bertz CT molecular complexity index is 435. The van der Waals surface area contributed by atoms with Gasteiger partial charge in [0, 0.05) is 0 Å². The lowest BCUT2D eigenvalue weighted by atomic mass is 9.80. The van der Waals surface area contributed by atoms with Crippen molar-refractivity contribution in [3.8, 4) is 0 Å². The van der Waals surface area contributed by atoms with Crippen molar-refractivity contribution < 1.29 is 12.3 Å². The fourth-order valence-corrected chi connectivity index (χ4v) is 2.52. The molecule has 0 atom stereocenters. The van der Waals surface area contributed by atoms with E-state index >= 15 is 0 Å². The lowest BCUT2D eigenvalue weighted by Gasteiger charge is -2.26. The number of hydrogen-bond donors (Lipinski definition) is 0. The second kappa shape index (κ2) is 3.35. The molecule has 0 aliphatic heterocycles. The number of halogens is 1. The van der Waals surface area contributed by atoms with E-state index in [9.17, 15) is 12.3 Å². The summed E-state index contributed by atoms with van der Waals surface area (Å²) in [5.41, 5.74) is 0.640. The van der Waals surface area contributed by atoms with Crippen molar-refractivity contribution in [2.45, 2.75) is 30.1 Å². The third-order valence-electron chi connectivity index (χ3n) is 2.73. The molecule has 0 N–H and O–H groups in total. The zero-order valence-corrected chi connectivity index (χ0v) is 8.43. The maximum Gasteiger partial charge on any atom is 0.332 e. The van der Waals surface area contributed by atoms with Crippen LogP contribution in [0.15, 0.2) is 29.2 Å². The molecule has 2 rings (SSSR count). The molecule has 0 radical (unpaired) electrons. The normalized spacial score (nSPS) is 17.8. The minimum atomic E-state index is -4.55. The Labute approximate surface area is 83.0 Å². The van der Waals surface area contributed by atoms with Crippen molar-refractivity contribution in [2.75, 3.05) is 0 Å². The molecule has 4 heteroatoms. The van der Waals surface area contributed by atoms with E-state index in [-0.39, 0.29) is 10.8 Å². The van der Waals surface area contributed by atoms with Gasteiger partial charge in [-0.2, -0.15) is 8.42 Å². The summed E-state index contributed by atoms with van der Waals surface area (Å²) in [5.74, 6) is 0.233. The van der Waals surface area contributed by atoms with Crippen molar-refractivity contribution >= 4 is 10.2 Å². The first kappa shape index (κ1) is 9.65. The first-order valence-corrected chi connectivity index (χ1v) is 6.01. The smallest absolute Gasteiger partial charge is 0.189 e. The minimum Gasteiger partial charge on any atom is -0.189 e. The third-order valence-corrected chi connectivity index (χ3v) is 3.62. The summed E-state index contributed by atoms with van der Waals surface area (Å²) < 4.78 is 34.5. The van der Waals surface area contributed by atoms with E-state index < -0.39 is 10.2 Å². The molecule has 76 valence electrons. The van der Waals surface area contributed by atoms with Gasteiger partial charge in [-0.05, 0) is 30.4 Å². The van der Waals surface area contributed by atoms with Crippen molar-refractivity contribution in [3.63, 3.8) is 0 Å². The highest BCUT2D eigenvalue weighted by atomic mass is 32.3. The summed E-state index contributed by atoms with van der Waals surface area (Å²) in [6.45, 7) is 0. The molecular formula is C10H11FO2S. The van der Waals surface area contributed by atoms with Crippen LogP contribution >= 0.6 is 0 Å². The molecule has 0 saturated heterocycles. The lowest BCUT2D eigenvalue weighted by Crippen LogP contribution is -2.12. The van der Waals surface area contributed by atoms with Gasteiger partial charge in [0.05, 0.1) is 0 Å². The highest BCUT2D eigenvalue weighted by Crippen LogP contribution is 2.39. The largest absolute Gasteiger partial charge is 0.332 e. The maximum absolute atomic E-state index is 12.9. The molecule has 1 aromatic carbocycles. The van der Waals surface area contributed by atoms with Gasteiger partial charge >= 0.3 is 10.2 Å². The fourth-order valence-electron chi connectivity index (χ4n) is 1.76. The van der Waals surface area contributed by atoms with Crippen LogP contribution in [0.4, 0.5) is 3.89 Å². The van der Waals surface area contributed by atoms with Gasteiger partial charge in [-0.15, -0.1) is 3.89 Å². The van der Waals surface area contributed by atoms with Gasteiger partial charge in [0.2, 0.25) is 0 Å². The molecule has 0 spiro atoms. The molecule has 1 aliphatic carbocycles. The Kier molecular flexibility index (Phi) is 2.31. The topological polar surface area (TPSA) is 34.1 Å². The van der Waals surface area contributed by atoms with E-state index in [4.69, 9.17) is 0 Å². The Balaban J connectivity index is 2.48. The van der Waals surface area contributed by atoms with Gasteiger partial charge in [-0.25, -0.2) is 0 Å². The summed E-state index contributed by atoms with van der Waals surface area (Å²) in [7, 11) is -4.55. The molecule has 0 heterocycles. The maximum atomic E-state index is 12.9. The summed E-state index contributed by atoms with van der Waals surface area (Å²) in [6, 6.07) is 6.34. The second-order valence-corrected chi connectivity index (χ2v) is 4.92. The average molecular weight is 214 g/mol. The van der Waals surface area contributed by atoms with Gasteiger partial charge in [-0.3, -0.25) is 0 Å². The molecular weight excluding hydrogens is 203 g/mol. The predicted molar refractivity (Wildman–Crippen MR) is 51.3 cm³/mol. The zero-order valence-electron chi connectivity index (χ0n) is 7.61. The van der Waals surface area contributed by atoms with E-state index in [0.29, 0.717) is 5.56 Å². The van der Waals surface area contributed by atoms with E-state index in [1.807, 2.05) is 0 Å². The van der Waals surface area contributed by atoms with Crippen LogP contribution in [0.1, 0.15) is 30.7 Å². The van der Waals surface area contributed by atoms with Gasteiger partial charge in [-0.1, -0.05) is 24.6 Å². The fraction of sp³-hybridized carbons (Fsp3) is 0.400. The first-order chi connectivity index (χ1) is 6.59. The van der Waals surface area contributed by atoms with Gasteiger partial charge in [0.15, 0.2) is 0 Å². The van der Waals surface area contributed by atoms with E-state index in [1.165, 1.54) is 6.07 Å². The summed E-state index contributed by atoms with van der Waals surface area (Å²) in [4.78, 5) is -0.148. The van der Waals surface area contributed by atoms with Crippen LogP contribution in [0.25, 0.3) is 0 Å². The summed E-state index contributed by atoms with van der Waals surface area (Å²) in [6.07, 6.45) is 3.03. The van der Waals surface area contributed by atoms with Crippen LogP contribution in [0.2, 0.25) is 0 Å². The Morgan fingerprint density at radius 1 is 1.21 bits per heavy atom. The van der Waals surface area contributed by atoms with Crippen LogP contribution in [-0.4, -0.2) is 8.42 Å². The van der Waals surface area contributed by atoms with Crippen molar-refractivity contribution in [1.29, 1.82) is 0 Å². The highest BCUT2D eigenvalue weighted by Gasteiger charge is 2.26. The third kappa shape index (κ3) is 1.66. The molecule has 0 aromatic heterocycles. The highest BCUT2D eigenvalue weighted by molar-refractivity contribution is 7.86. The predicted octanol–water partition coefficient (Wildman–Crippen LogP) is 2.61. The Hall–Kier alpha value is -0.900. The molecule has 1 aliphatic rings. The van der Waals surface area contributed by atoms with E-state index in [1.54, 1.807) is 18.2 Å². The van der Waals surface area contributed by atoms with Crippen molar-refractivity contribution in [2.24, 2.45) is 0 Å². The van der Waals surface area contributed by atoms with Gasteiger partial charge in [0.25, 0.3) is 0 Å². The summed E-state index contributed by atoms with van der Waals surface area (Å²) >= 11 is 0. The first-order valence-electron chi connectivity index (χ1n) is 4.62. The summed E-state index contributed by atoms with van der Waals surface area (Å²) in [5, 5.41) is 0. The monoisotopic (exact) mass is 214 g/mol. The molecule has 1 saturated carbocycles. The van der Waals surface area contributed by atoms with Gasteiger partial charge < -0.3 is 0 Å². The SMILES string of the molecule is O=S(=O)(F)c1ccccc1C1CCC1. The Morgan fingerprint density at radius 3 is 2.36 bits per heavy atom. The van der Waals surface area contributed by atoms with Crippen molar-refractivity contribution in [3.05, 3.63) is 29.8 Å². The average Bonchev–Trinajstić information content (AvgIpc) is 2.00. The number of hydrogen-bond acceptors (Lipinski definition) is 2. The van der Waals surface area contributed by atoms with E-state index in [0.717, 1.165) is 19.3 Å². The van der Waals surface area contributed by atoms with Crippen LogP contribution < -0.4 is 0 Å². The molecule has 1 fully saturated rings. The lowest BCUT2D eigenvalue weighted by molar-refractivity contribution is 0.412. The molecule has 0 unspecified atom stereocenters. The molecule has 1 aromatic rings. The molecule has 2 nitrogen and oxygen atoms in total. The second-order valence-electron chi connectivity index (χ2n) is 3.60. The van der Waals surface area contributed by atoms with Crippen molar-refractivity contribution in [1.82, 2.24) is 0 Å². The Morgan fingerprint density at radius 2 is 1.86 bits per heavy atom. The van der Waals surface area contributed by atoms with Crippen LogP contribution in [0.5, 0.6) is 0 Å². The molecule has 0 bridgehead atoms. The van der Waals surface area contributed by atoms with E-state index in [2.05, 4.69) is 0 Å². The quantitative estimate of drug-likeness (QED) is 0.709. The molecule has 0 amide bonds. The standard InChI is InChI=1S/C10H11FO2S/c11-14(12,13)10-7-2-1-6-9(10)8-4-3-5-8/h1-2,6-8H,3-5H2. The minimum absolute atomic E-state index is 0.148. The number of rotatable bonds is 2. The van der Waals surface area contributed by atoms with Crippen LogP contribution in [0.3, 0.4) is 0 Å². The van der Waals surface area contributed by atoms with Crippen LogP contribution in [0, 0.1) is 0 Å². The van der Waals surface area contributed by atoms with Crippen LogP contribution in [-0.2, 0) is 10.2 Å². The zero-order chi connectivity index (χ0) is 10.2. The van der Waals surface area contributed by atoms with Gasteiger partial charge in [0.1, 0.15) is 4.90 Å². The molecule has 14 heavy (non-hydrogen) atoms.